The van der Waals surface area contributed by atoms with E-state index in [4.69, 9.17) is 15.0 Å². The lowest BCUT2D eigenvalue weighted by Crippen LogP contribution is -2.03. The zero-order chi connectivity index (χ0) is 32.8. The number of hydrogen-bond acceptors (Lipinski definition) is 5. The van der Waals surface area contributed by atoms with Gasteiger partial charge in [0.15, 0.2) is 0 Å². The molecule has 50 heavy (non-hydrogen) atoms. The number of nitrogens with zero attached hydrogens (tertiary/aromatic N) is 5. The summed E-state index contributed by atoms with van der Waals surface area (Å²) in [4.78, 5) is 20.3. The number of pyridine rings is 2. The predicted molar refractivity (Wildman–Crippen MR) is 208 cm³/mol. The van der Waals surface area contributed by atoms with Gasteiger partial charge in [-0.15, -0.1) is 11.3 Å². The lowest BCUT2D eigenvalue weighted by Gasteiger charge is -2.12. The fourth-order valence-electron chi connectivity index (χ4n) is 7.60. The zero-order valence-electron chi connectivity index (χ0n) is 26.6. The van der Waals surface area contributed by atoms with Gasteiger partial charge < -0.3 is 0 Å². The minimum Gasteiger partial charge on any atom is -0.278 e. The van der Waals surface area contributed by atoms with Crippen LogP contribution in [0.15, 0.2) is 152 Å². The van der Waals surface area contributed by atoms with E-state index in [1.165, 1.54) is 25.6 Å². The average Bonchev–Trinajstić information content (AvgIpc) is 3.71. The Morgan fingerprint density at radius 1 is 0.420 bits per heavy atom. The number of fused-ring (bicyclic) bond motifs is 10. The Kier molecular flexibility index (Phi) is 5.76. The largest absolute Gasteiger partial charge is 0.278 e. The monoisotopic (exact) mass is 655 g/mol. The van der Waals surface area contributed by atoms with Gasteiger partial charge in [0.2, 0.25) is 5.95 Å². The molecule has 232 valence electrons. The van der Waals surface area contributed by atoms with Crippen LogP contribution < -0.4 is 0 Å². The number of rotatable bonds is 3. The van der Waals surface area contributed by atoms with Crippen molar-refractivity contribution in [3.63, 3.8) is 0 Å². The Hall–Kier alpha value is -6.50. The van der Waals surface area contributed by atoms with Gasteiger partial charge in [0.25, 0.3) is 0 Å². The van der Waals surface area contributed by atoms with E-state index in [2.05, 4.69) is 131 Å². The summed E-state index contributed by atoms with van der Waals surface area (Å²) in [5.41, 5.74) is 7.89. The molecule has 0 amide bonds. The van der Waals surface area contributed by atoms with Crippen molar-refractivity contribution in [3.8, 4) is 28.5 Å². The zero-order valence-corrected chi connectivity index (χ0v) is 27.4. The highest BCUT2D eigenvalue weighted by Crippen LogP contribution is 2.42. The topological polar surface area (TPSA) is 56.5 Å². The molecule has 0 saturated heterocycles. The molecule has 0 bridgehead atoms. The van der Waals surface area contributed by atoms with Gasteiger partial charge in [0, 0.05) is 70.6 Å². The Bertz CT molecular complexity index is 3160. The normalized spacial score (nSPS) is 12.0. The van der Waals surface area contributed by atoms with Crippen molar-refractivity contribution >= 4 is 85.9 Å². The molecule has 0 radical (unpaired) electrons. The van der Waals surface area contributed by atoms with Crippen molar-refractivity contribution in [2.75, 3.05) is 0 Å². The van der Waals surface area contributed by atoms with Crippen molar-refractivity contribution in [2.24, 2.45) is 0 Å². The van der Waals surface area contributed by atoms with Crippen LogP contribution in [0.2, 0.25) is 0 Å². The summed E-state index contributed by atoms with van der Waals surface area (Å²) >= 11 is 1.85. The second-order valence-electron chi connectivity index (χ2n) is 12.7. The number of benzene rings is 6. The number of para-hydroxylation sites is 2. The summed E-state index contributed by atoms with van der Waals surface area (Å²) < 4.78 is 4.75. The molecule has 0 N–H and O–H groups in total. The SMILES string of the molecule is c1ccc(-c2nc(-n3c4ccncc4c4cc(-c5nc6ccccc6c6cc7sc8ccccc8c7cc56)ccc43)nc3ccccc23)cc1. The number of hydrogen-bond donors (Lipinski definition) is 0. The Morgan fingerprint density at radius 3 is 2.02 bits per heavy atom. The first-order chi connectivity index (χ1) is 24.8. The van der Waals surface area contributed by atoms with Gasteiger partial charge in [0.05, 0.1) is 33.5 Å². The van der Waals surface area contributed by atoms with Crippen molar-refractivity contribution in [3.05, 3.63) is 152 Å². The maximum absolute atomic E-state index is 5.33. The van der Waals surface area contributed by atoms with Crippen LogP contribution in [-0.2, 0) is 0 Å². The van der Waals surface area contributed by atoms with E-state index >= 15 is 0 Å². The van der Waals surface area contributed by atoms with E-state index in [0.29, 0.717) is 5.95 Å². The Balaban J connectivity index is 1.19. The number of thiophene rings is 1. The third-order valence-corrected chi connectivity index (χ3v) is 11.0. The van der Waals surface area contributed by atoms with E-state index in [1.54, 1.807) is 0 Å². The van der Waals surface area contributed by atoms with E-state index < -0.39 is 0 Å². The molecule has 0 spiro atoms. The summed E-state index contributed by atoms with van der Waals surface area (Å²) in [5.74, 6) is 0.627. The van der Waals surface area contributed by atoms with Gasteiger partial charge in [-0.1, -0.05) is 91.0 Å². The fourth-order valence-corrected chi connectivity index (χ4v) is 8.73. The molecule has 5 aromatic heterocycles. The molecule has 11 rings (SSSR count). The molecular formula is C44H25N5S. The second-order valence-corrected chi connectivity index (χ2v) is 13.8. The molecular weight excluding hydrogens is 631 g/mol. The van der Waals surface area contributed by atoms with Crippen LogP contribution in [0.4, 0.5) is 0 Å². The van der Waals surface area contributed by atoms with Gasteiger partial charge in [-0.3, -0.25) is 9.55 Å². The molecule has 0 aliphatic rings. The highest BCUT2D eigenvalue weighted by molar-refractivity contribution is 7.25. The fraction of sp³-hybridized carbons (Fsp3) is 0. The third kappa shape index (κ3) is 4.00. The van der Waals surface area contributed by atoms with Crippen molar-refractivity contribution in [2.45, 2.75) is 0 Å². The average molecular weight is 656 g/mol. The maximum atomic E-state index is 5.33. The molecule has 0 atom stereocenters. The highest BCUT2D eigenvalue weighted by Gasteiger charge is 2.20. The van der Waals surface area contributed by atoms with E-state index in [1.807, 2.05) is 41.9 Å². The molecule has 0 aliphatic heterocycles. The van der Waals surface area contributed by atoms with Crippen LogP contribution in [0.3, 0.4) is 0 Å². The lowest BCUT2D eigenvalue weighted by atomic mass is 9.97. The predicted octanol–water partition coefficient (Wildman–Crippen LogP) is 11.5. The molecule has 11 aromatic rings. The maximum Gasteiger partial charge on any atom is 0.235 e. The first-order valence-electron chi connectivity index (χ1n) is 16.6. The smallest absolute Gasteiger partial charge is 0.235 e. The van der Waals surface area contributed by atoms with Gasteiger partial charge in [0.1, 0.15) is 0 Å². The summed E-state index contributed by atoms with van der Waals surface area (Å²) in [6, 6.07) is 49.1. The van der Waals surface area contributed by atoms with Crippen LogP contribution in [0.25, 0.3) is 103 Å². The highest BCUT2D eigenvalue weighted by atomic mass is 32.1. The van der Waals surface area contributed by atoms with Crippen LogP contribution in [-0.4, -0.2) is 24.5 Å². The second kappa shape index (κ2) is 10.5. The van der Waals surface area contributed by atoms with Crippen molar-refractivity contribution in [1.29, 1.82) is 0 Å². The third-order valence-electron chi connectivity index (χ3n) is 9.88. The molecule has 0 unspecified atom stereocenters. The van der Waals surface area contributed by atoms with E-state index in [9.17, 15) is 0 Å². The summed E-state index contributed by atoms with van der Waals surface area (Å²) in [7, 11) is 0. The molecule has 6 heteroatoms. The molecule has 5 nitrogen and oxygen atoms in total. The van der Waals surface area contributed by atoms with Crippen LogP contribution in [0.1, 0.15) is 0 Å². The van der Waals surface area contributed by atoms with E-state index in [-0.39, 0.29) is 0 Å². The lowest BCUT2D eigenvalue weighted by molar-refractivity contribution is 1.01. The Labute approximate surface area is 289 Å². The van der Waals surface area contributed by atoms with Crippen LogP contribution >= 0.6 is 11.3 Å². The molecule has 0 saturated carbocycles. The molecule has 6 aromatic carbocycles. The van der Waals surface area contributed by atoms with Crippen molar-refractivity contribution < 1.29 is 0 Å². The summed E-state index contributed by atoms with van der Waals surface area (Å²) in [6.45, 7) is 0. The van der Waals surface area contributed by atoms with Gasteiger partial charge in [-0.25, -0.2) is 15.0 Å². The first kappa shape index (κ1) is 27.5. The summed E-state index contributed by atoms with van der Waals surface area (Å²) in [6.07, 6.45) is 3.79. The quantitative estimate of drug-likeness (QED) is 0.178. The minimum atomic E-state index is 0.627. The summed E-state index contributed by atoms with van der Waals surface area (Å²) in [5, 5.41) is 9.21. The van der Waals surface area contributed by atoms with Crippen LogP contribution in [0.5, 0.6) is 0 Å². The molecule has 0 aliphatic carbocycles. The number of aromatic nitrogens is 5. The van der Waals surface area contributed by atoms with E-state index in [0.717, 1.165) is 71.5 Å². The molecule has 0 fully saturated rings. The van der Waals surface area contributed by atoms with Gasteiger partial charge in [-0.05, 0) is 53.9 Å². The Morgan fingerprint density at radius 2 is 1.14 bits per heavy atom. The standard InChI is InChI=1S/C44H25N5S/c1-2-10-26(11-3-1)42-30-14-5-8-16-37(30)47-44(48-42)49-38-19-18-27(22-32(38)35-25-45-21-20-39(35)49)43-34-23-33-29-13-6-9-17-40(29)50-41(33)24-31(34)28-12-4-7-15-36(28)46-43/h1-25H. The van der Waals surface area contributed by atoms with Gasteiger partial charge in [-0.2, -0.15) is 0 Å². The molecule has 5 heterocycles. The minimum absolute atomic E-state index is 0.627. The van der Waals surface area contributed by atoms with Crippen molar-refractivity contribution in [1.82, 2.24) is 24.5 Å². The van der Waals surface area contributed by atoms with Gasteiger partial charge >= 0.3 is 0 Å². The van der Waals surface area contributed by atoms with Crippen LogP contribution in [0, 0.1) is 0 Å². The first-order valence-corrected chi connectivity index (χ1v) is 17.4.